The van der Waals surface area contributed by atoms with Crippen LogP contribution in [0.25, 0.3) is 0 Å². The molecule has 0 radical (unpaired) electrons. The van der Waals surface area contributed by atoms with Gasteiger partial charge < -0.3 is 0 Å². The molecule has 0 N–H and O–H groups in total. The van der Waals surface area contributed by atoms with E-state index in [2.05, 4.69) is 24.3 Å². The molecule has 0 fully saturated rings. The minimum Gasteiger partial charge on any atom is -0.201 e. The summed E-state index contributed by atoms with van der Waals surface area (Å²) in [6.07, 6.45) is 1.85. The Kier molecular flexibility index (Phi) is 5.22. The molecule has 10 heavy (non-hydrogen) atoms. The zero-order chi connectivity index (χ0) is 7.98. The molecule has 0 aromatic carbocycles. The molecule has 0 aliphatic rings. The van der Waals surface area contributed by atoms with E-state index in [4.69, 9.17) is 0 Å². The van der Waals surface area contributed by atoms with Gasteiger partial charge in [-0.25, -0.2) is 4.37 Å². The highest BCUT2D eigenvalue weighted by Gasteiger charge is 1.97. The molecule has 0 spiro atoms. The molecule has 0 aliphatic heterocycles. The molecule has 1 rings (SSSR count). The fraction of sp³-hybridized carbons (Fsp3) is 0.625. The molecule has 0 saturated carbocycles. The van der Waals surface area contributed by atoms with Crippen molar-refractivity contribution < 1.29 is 0 Å². The molecule has 1 heterocycles. The van der Waals surface area contributed by atoms with E-state index in [1.165, 1.54) is 4.88 Å². The van der Waals surface area contributed by atoms with Gasteiger partial charge in [0.2, 0.25) is 0 Å². The summed E-state index contributed by atoms with van der Waals surface area (Å²) in [4.78, 5) is 1.37. The van der Waals surface area contributed by atoms with E-state index >= 15 is 0 Å². The van der Waals surface area contributed by atoms with Crippen LogP contribution in [0.3, 0.4) is 0 Å². The lowest BCUT2D eigenvalue weighted by atomic mass is 10.2. The summed E-state index contributed by atoms with van der Waals surface area (Å²) in [6.45, 7) is 8.35. The highest BCUT2D eigenvalue weighted by molar-refractivity contribution is 7.05. The fourth-order valence-electron chi connectivity index (χ4n) is 0.523. The zero-order valence-electron chi connectivity index (χ0n) is 7.09. The van der Waals surface area contributed by atoms with Crippen molar-refractivity contribution in [1.29, 1.82) is 0 Å². The van der Waals surface area contributed by atoms with Crippen molar-refractivity contribution >= 4 is 11.5 Å². The molecule has 2 heteroatoms. The SMILES string of the molecule is CC.CC(C)c1ccns1. The van der Waals surface area contributed by atoms with Crippen LogP contribution in [0, 0.1) is 0 Å². The first-order valence-corrected chi connectivity index (χ1v) is 4.48. The van der Waals surface area contributed by atoms with Crippen molar-refractivity contribution in [3.63, 3.8) is 0 Å². The first-order valence-electron chi connectivity index (χ1n) is 3.71. The van der Waals surface area contributed by atoms with Crippen LogP contribution in [0.2, 0.25) is 0 Å². The molecular formula is C8H15NS. The van der Waals surface area contributed by atoms with E-state index < -0.39 is 0 Å². The summed E-state index contributed by atoms with van der Waals surface area (Å²) in [7, 11) is 0. The molecule has 1 aromatic heterocycles. The molecule has 0 bridgehead atoms. The van der Waals surface area contributed by atoms with Crippen LogP contribution in [0.4, 0.5) is 0 Å². The largest absolute Gasteiger partial charge is 0.201 e. The predicted molar refractivity (Wildman–Crippen MR) is 47.6 cm³/mol. The van der Waals surface area contributed by atoms with E-state index in [-0.39, 0.29) is 0 Å². The average Bonchev–Trinajstić information content (AvgIpc) is 2.42. The molecule has 0 unspecified atom stereocenters. The lowest BCUT2D eigenvalue weighted by Gasteiger charge is -1.94. The predicted octanol–water partition coefficient (Wildman–Crippen LogP) is 3.29. The third-order valence-electron chi connectivity index (χ3n) is 1.03. The van der Waals surface area contributed by atoms with Gasteiger partial charge in [-0.2, -0.15) is 0 Å². The summed E-state index contributed by atoms with van der Waals surface area (Å²) in [6, 6.07) is 2.06. The smallest absolute Gasteiger partial charge is 0.0409 e. The Balaban J connectivity index is 0.000000371. The monoisotopic (exact) mass is 157 g/mol. The van der Waals surface area contributed by atoms with Crippen LogP contribution in [0.15, 0.2) is 12.3 Å². The number of hydrogen-bond acceptors (Lipinski definition) is 2. The topological polar surface area (TPSA) is 12.9 Å². The van der Waals surface area contributed by atoms with Crippen molar-refractivity contribution in [3.8, 4) is 0 Å². The van der Waals surface area contributed by atoms with Crippen LogP contribution >= 0.6 is 11.5 Å². The summed E-state index contributed by atoms with van der Waals surface area (Å²) in [5, 5.41) is 0. The molecule has 0 saturated heterocycles. The third-order valence-corrected chi connectivity index (χ3v) is 2.07. The first kappa shape index (κ1) is 9.63. The van der Waals surface area contributed by atoms with Gasteiger partial charge in [-0.05, 0) is 23.5 Å². The average molecular weight is 157 g/mol. The van der Waals surface area contributed by atoms with Gasteiger partial charge >= 0.3 is 0 Å². The molecule has 0 atom stereocenters. The lowest BCUT2D eigenvalue weighted by molar-refractivity contribution is 0.890. The van der Waals surface area contributed by atoms with Gasteiger partial charge in [-0.15, -0.1) is 0 Å². The van der Waals surface area contributed by atoms with Crippen molar-refractivity contribution in [2.45, 2.75) is 33.6 Å². The number of nitrogens with zero attached hydrogens (tertiary/aromatic N) is 1. The summed E-state index contributed by atoms with van der Waals surface area (Å²) in [5.74, 6) is 0.641. The highest BCUT2D eigenvalue weighted by atomic mass is 32.1. The lowest BCUT2D eigenvalue weighted by Crippen LogP contribution is -1.77. The maximum Gasteiger partial charge on any atom is 0.0409 e. The van der Waals surface area contributed by atoms with Crippen LogP contribution in [-0.4, -0.2) is 4.37 Å². The van der Waals surface area contributed by atoms with Gasteiger partial charge in [0.05, 0.1) is 0 Å². The second-order valence-electron chi connectivity index (χ2n) is 2.07. The van der Waals surface area contributed by atoms with E-state index in [1.54, 1.807) is 11.5 Å². The van der Waals surface area contributed by atoms with Crippen LogP contribution in [0.1, 0.15) is 38.5 Å². The fourth-order valence-corrected chi connectivity index (χ4v) is 1.10. The molecule has 1 nitrogen and oxygen atoms in total. The maximum atomic E-state index is 3.99. The molecular weight excluding hydrogens is 142 g/mol. The zero-order valence-corrected chi connectivity index (χ0v) is 7.90. The van der Waals surface area contributed by atoms with Gasteiger partial charge in [0.15, 0.2) is 0 Å². The first-order chi connectivity index (χ1) is 4.80. The van der Waals surface area contributed by atoms with Gasteiger partial charge in [0.25, 0.3) is 0 Å². The maximum absolute atomic E-state index is 3.99. The van der Waals surface area contributed by atoms with Crippen molar-refractivity contribution in [2.24, 2.45) is 0 Å². The summed E-state index contributed by atoms with van der Waals surface area (Å²) < 4.78 is 3.99. The Morgan fingerprint density at radius 2 is 2.00 bits per heavy atom. The Morgan fingerprint density at radius 1 is 1.40 bits per heavy atom. The van der Waals surface area contributed by atoms with Gasteiger partial charge in [0.1, 0.15) is 0 Å². The number of hydrogen-bond donors (Lipinski definition) is 0. The molecule has 1 aromatic rings. The van der Waals surface area contributed by atoms with Crippen LogP contribution in [0.5, 0.6) is 0 Å². The second-order valence-corrected chi connectivity index (χ2v) is 2.93. The molecule has 0 amide bonds. The molecule has 58 valence electrons. The second kappa shape index (κ2) is 5.42. The van der Waals surface area contributed by atoms with Crippen molar-refractivity contribution in [3.05, 3.63) is 17.1 Å². The van der Waals surface area contributed by atoms with Crippen LogP contribution < -0.4 is 0 Å². The number of rotatable bonds is 1. The number of aromatic nitrogens is 1. The Morgan fingerprint density at radius 3 is 2.20 bits per heavy atom. The molecule has 0 aliphatic carbocycles. The third kappa shape index (κ3) is 2.97. The van der Waals surface area contributed by atoms with Crippen molar-refractivity contribution in [1.82, 2.24) is 4.37 Å². The summed E-state index contributed by atoms with van der Waals surface area (Å²) >= 11 is 1.58. The quantitative estimate of drug-likeness (QED) is 0.609. The van der Waals surface area contributed by atoms with Gasteiger partial charge in [-0.1, -0.05) is 27.7 Å². The Hall–Kier alpha value is -0.370. The van der Waals surface area contributed by atoms with E-state index in [1.807, 2.05) is 20.0 Å². The van der Waals surface area contributed by atoms with Gasteiger partial charge in [0, 0.05) is 11.1 Å². The van der Waals surface area contributed by atoms with Gasteiger partial charge in [-0.3, -0.25) is 0 Å². The van der Waals surface area contributed by atoms with Crippen LogP contribution in [-0.2, 0) is 0 Å². The normalized spacial score (nSPS) is 8.90. The standard InChI is InChI=1S/C6H9NS.C2H6/c1-5(2)6-3-4-7-8-6;1-2/h3-5H,1-2H3;1-2H3. The Bertz CT molecular complexity index is 144. The summed E-state index contributed by atoms with van der Waals surface area (Å²) in [5.41, 5.74) is 0. The minimum atomic E-state index is 0.641. The van der Waals surface area contributed by atoms with Crippen molar-refractivity contribution in [2.75, 3.05) is 0 Å². The minimum absolute atomic E-state index is 0.641. The van der Waals surface area contributed by atoms with E-state index in [0.717, 1.165) is 0 Å². The highest BCUT2D eigenvalue weighted by Crippen LogP contribution is 2.16. The van der Waals surface area contributed by atoms with E-state index in [9.17, 15) is 0 Å². The Labute approximate surface area is 67.3 Å². The van der Waals surface area contributed by atoms with E-state index in [0.29, 0.717) is 5.92 Å².